The van der Waals surface area contributed by atoms with Gasteiger partial charge in [0.05, 0.1) is 0 Å². The fourth-order valence-corrected chi connectivity index (χ4v) is 3.01. The van der Waals surface area contributed by atoms with E-state index in [4.69, 9.17) is 4.42 Å². The first kappa shape index (κ1) is 12.5. The van der Waals surface area contributed by atoms with Crippen molar-refractivity contribution in [3.63, 3.8) is 0 Å². The molecule has 2 aromatic rings. The Hall–Kier alpha value is -1.55. The number of oxazole rings is 1. The highest BCUT2D eigenvalue weighted by atomic mass is 32.2. The van der Waals surface area contributed by atoms with E-state index in [0.717, 1.165) is 28.5 Å². The lowest BCUT2D eigenvalue weighted by Gasteiger charge is -2.23. The quantitative estimate of drug-likeness (QED) is 0.785. The third-order valence-corrected chi connectivity index (χ3v) is 4.44. The molecular weight excluding hydrogens is 256 g/mol. The summed E-state index contributed by atoms with van der Waals surface area (Å²) in [4.78, 5) is 8.73. The van der Waals surface area contributed by atoms with E-state index < -0.39 is 0 Å². The molecule has 98 valence electrons. The van der Waals surface area contributed by atoms with Crippen molar-refractivity contribution in [2.75, 3.05) is 5.75 Å². The average Bonchev–Trinajstić information content (AvgIpc) is 2.79. The number of hydrogen-bond donors (Lipinski definition) is 0. The van der Waals surface area contributed by atoms with Crippen LogP contribution in [0.5, 0.6) is 0 Å². The van der Waals surface area contributed by atoms with Gasteiger partial charge in [-0.2, -0.15) is 0 Å². The molecule has 0 saturated carbocycles. The SMILES string of the molecule is Cc1ccc2nc(SCC3(C)C=NC=CC3)oc2c1. The van der Waals surface area contributed by atoms with Crippen LogP contribution in [-0.4, -0.2) is 17.0 Å². The predicted molar refractivity (Wildman–Crippen MR) is 79.8 cm³/mol. The molecule has 0 spiro atoms. The minimum Gasteiger partial charge on any atom is -0.431 e. The average molecular weight is 272 g/mol. The summed E-state index contributed by atoms with van der Waals surface area (Å²) in [6, 6.07) is 6.09. The Bertz CT molecular complexity index is 659. The highest BCUT2D eigenvalue weighted by Gasteiger charge is 2.23. The van der Waals surface area contributed by atoms with E-state index in [1.54, 1.807) is 11.8 Å². The number of aryl methyl sites for hydroxylation is 1. The zero-order chi connectivity index (χ0) is 13.3. The number of aromatic nitrogens is 1. The monoisotopic (exact) mass is 272 g/mol. The van der Waals surface area contributed by atoms with Crippen molar-refractivity contribution < 1.29 is 4.42 Å². The van der Waals surface area contributed by atoms with Crippen molar-refractivity contribution >= 4 is 29.1 Å². The molecule has 1 unspecified atom stereocenters. The second-order valence-corrected chi connectivity index (χ2v) is 6.19. The van der Waals surface area contributed by atoms with Crippen LogP contribution in [0, 0.1) is 12.3 Å². The number of benzene rings is 1. The largest absolute Gasteiger partial charge is 0.431 e. The van der Waals surface area contributed by atoms with E-state index >= 15 is 0 Å². The van der Waals surface area contributed by atoms with E-state index in [-0.39, 0.29) is 5.41 Å². The van der Waals surface area contributed by atoms with Crippen molar-refractivity contribution in [2.45, 2.75) is 25.5 Å². The molecule has 19 heavy (non-hydrogen) atoms. The third-order valence-electron chi connectivity index (χ3n) is 3.21. The van der Waals surface area contributed by atoms with Crippen LogP contribution < -0.4 is 0 Å². The molecule has 0 saturated heterocycles. The summed E-state index contributed by atoms with van der Waals surface area (Å²) in [6.45, 7) is 4.26. The first-order valence-electron chi connectivity index (χ1n) is 6.34. The Balaban J connectivity index is 1.75. The van der Waals surface area contributed by atoms with Crippen LogP contribution in [0.3, 0.4) is 0 Å². The van der Waals surface area contributed by atoms with E-state index in [1.165, 1.54) is 5.56 Å². The lowest BCUT2D eigenvalue weighted by Crippen LogP contribution is -2.22. The Labute approximate surface area is 116 Å². The Morgan fingerprint density at radius 2 is 2.32 bits per heavy atom. The Morgan fingerprint density at radius 3 is 3.11 bits per heavy atom. The molecule has 0 N–H and O–H groups in total. The van der Waals surface area contributed by atoms with Gasteiger partial charge in [-0.15, -0.1) is 0 Å². The Morgan fingerprint density at radius 1 is 1.42 bits per heavy atom. The minimum atomic E-state index is 0.0932. The summed E-state index contributed by atoms with van der Waals surface area (Å²) < 4.78 is 5.77. The van der Waals surface area contributed by atoms with Crippen molar-refractivity contribution in [3.8, 4) is 0 Å². The van der Waals surface area contributed by atoms with Gasteiger partial charge < -0.3 is 4.42 Å². The summed E-state index contributed by atoms with van der Waals surface area (Å²) in [5, 5.41) is 0.741. The predicted octanol–water partition coefficient (Wildman–Crippen LogP) is 4.22. The number of thioether (sulfide) groups is 1. The van der Waals surface area contributed by atoms with Crippen LogP contribution in [0.25, 0.3) is 11.1 Å². The lowest BCUT2D eigenvalue weighted by atomic mass is 9.89. The van der Waals surface area contributed by atoms with Crippen LogP contribution in [0.4, 0.5) is 0 Å². The molecular formula is C15H16N2OS. The van der Waals surface area contributed by atoms with Gasteiger partial charge in [0.25, 0.3) is 5.22 Å². The van der Waals surface area contributed by atoms with E-state index in [0.29, 0.717) is 0 Å². The summed E-state index contributed by atoms with van der Waals surface area (Å²) in [5.74, 6) is 0.923. The molecule has 0 bridgehead atoms. The first-order chi connectivity index (χ1) is 9.15. The Kier molecular flexibility index (Phi) is 3.19. The first-order valence-corrected chi connectivity index (χ1v) is 7.33. The highest BCUT2D eigenvalue weighted by Crippen LogP contribution is 2.32. The normalized spacial score (nSPS) is 22.2. The van der Waals surface area contributed by atoms with Crippen molar-refractivity contribution in [3.05, 3.63) is 36.0 Å². The summed E-state index contributed by atoms with van der Waals surface area (Å²) in [5.41, 5.74) is 3.08. The summed E-state index contributed by atoms with van der Waals surface area (Å²) in [6.07, 6.45) is 7.00. The topological polar surface area (TPSA) is 38.4 Å². The summed E-state index contributed by atoms with van der Waals surface area (Å²) >= 11 is 1.65. The number of aliphatic imine (C=N–C) groups is 1. The van der Waals surface area contributed by atoms with Gasteiger partial charge >= 0.3 is 0 Å². The van der Waals surface area contributed by atoms with Crippen LogP contribution >= 0.6 is 11.8 Å². The molecule has 3 rings (SSSR count). The van der Waals surface area contributed by atoms with Gasteiger partial charge in [0.15, 0.2) is 5.58 Å². The van der Waals surface area contributed by atoms with Gasteiger partial charge in [-0.05, 0) is 31.0 Å². The molecule has 3 nitrogen and oxygen atoms in total. The van der Waals surface area contributed by atoms with E-state index in [2.05, 4.69) is 36.0 Å². The van der Waals surface area contributed by atoms with Crippen molar-refractivity contribution in [2.24, 2.45) is 10.4 Å². The maximum Gasteiger partial charge on any atom is 0.256 e. The summed E-state index contributed by atoms with van der Waals surface area (Å²) in [7, 11) is 0. The molecule has 0 radical (unpaired) electrons. The molecule has 1 atom stereocenters. The van der Waals surface area contributed by atoms with E-state index in [9.17, 15) is 0 Å². The van der Waals surface area contributed by atoms with Crippen LogP contribution in [-0.2, 0) is 0 Å². The van der Waals surface area contributed by atoms with Gasteiger partial charge in [0.1, 0.15) is 5.52 Å². The third kappa shape index (κ3) is 2.73. The van der Waals surface area contributed by atoms with Gasteiger partial charge in [-0.25, -0.2) is 4.98 Å². The van der Waals surface area contributed by atoms with Gasteiger partial charge in [0.2, 0.25) is 0 Å². The molecule has 1 aromatic carbocycles. The zero-order valence-electron chi connectivity index (χ0n) is 11.1. The molecule has 2 heterocycles. The van der Waals surface area contributed by atoms with Crippen LogP contribution in [0.1, 0.15) is 18.9 Å². The molecule has 4 heteroatoms. The zero-order valence-corrected chi connectivity index (χ0v) is 11.9. The molecule has 1 aromatic heterocycles. The van der Waals surface area contributed by atoms with E-state index in [1.807, 2.05) is 24.5 Å². The van der Waals surface area contributed by atoms with Crippen LogP contribution in [0.15, 0.2) is 45.1 Å². The maximum atomic E-state index is 5.77. The van der Waals surface area contributed by atoms with Gasteiger partial charge in [-0.3, -0.25) is 4.99 Å². The molecule has 0 aliphatic carbocycles. The smallest absolute Gasteiger partial charge is 0.256 e. The van der Waals surface area contributed by atoms with Crippen LogP contribution in [0.2, 0.25) is 0 Å². The molecule has 0 fully saturated rings. The number of rotatable bonds is 3. The van der Waals surface area contributed by atoms with Gasteiger partial charge in [-0.1, -0.05) is 30.8 Å². The van der Waals surface area contributed by atoms with Gasteiger partial charge in [0, 0.05) is 23.6 Å². The number of allylic oxidation sites excluding steroid dienone is 1. The maximum absolute atomic E-state index is 5.77. The fourth-order valence-electron chi connectivity index (χ4n) is 2.05. The second-order valence-electron chi connectivity index (χ2n) is 5.26. The second kappa shape index (κ2) is 4.85. The highest BCUT2D eigenvalue weighted by molar-refractivity contribution is 7.99. The van der Waals surface area contributed by atoms with Crippen molar-refractivity contribution in [1.82, 2.24) is 4.98 Å². The lowest BCUT2D eigenvalue weighted by molar-refractivity contribution is 0.484. The fraction of sp³-hybridized carbons (Fsp3) is 0.333. The number of nitrogens with zero attached hydrogens (tertiary/aromatic N) is 2. The minimum absolute atomic E-state index is 0.0932. The molecule has 1 aliphatic heterocycles. The number of hydrogen-bond acceptors (Lipinski definition) is 4. The molecule has 1 aliphatic rings. The van der Waals surface area contributed by atoms with Crippen molar-refractivity contribution in [1.29, 1.82) is 0 Å². The molecule has 0 amide bonds. The standard InChI is InChI=1S/C15H16N2OS/c1-11-4-5-12-13(8-11)18-14(17-12)19-10-15(2)6-3-7-16-9-15/h3-5,7-9H,6,10H2,1-2H3. The number of fused-ring (bicyclic) bond motifs is 1.